The molecule has 0 unspecified atom stereocenters. The fraction of sp³-hybridized carbons (Fsp3) is 0.552. The molecule has 204 valence electrons. The molecule has 4 heterocycles. The number of esters is 1. The van der Waals surface area contributed by atoms with Crippen molar-refractivity contribution >= 4 is 5.97 Å². The Hall–Kier alpha value is -3.01. The Kier molecular flexibility index (Phi) is 8.88. The van der Waals surface area contributed by atoms with Crippen LogP contribution in [0.4, 0.5) is 0 Å². The zero-order chi connectivity index (χ0) is 26.2. The zero-order valence-corrected chi connectivity index (χ0v) is 22.6. The van der Waals surface area contributed by atoms with Crippen molar-refractivity contribution in [3.63, 3.8) is 0 Å². The van der Waals surface area contributed by atoms with E-state index in [1.807, 2.05) is 24.5 Å². The second-order valence-electron chi connectivity index (χ2n) is 10.9. The number of nitrogens with one attached hydrogen (secondary N) is 2. The molecule has 0 amide bonds. The van der Waals surface area contributed by atoms with E-state index in [0.717, 1.165) is 49.8 Å². The average molecular weight is 520 g/mol. The molecule has 9 nitrogen and oxygen atoms in total. The Morgan fingerprint density at radius 2 is 1.84 bits per heavy atom. The van der Waals surface area contributed by atoms with Crippen LogP contribution in [0.1, 0.15) is 48.5 Å². The summed E-state index contributed by atoms with van der Waals surface area (Å²) in [6.45, 7) is 9.20. The first-order chi connectivity index (χ1) is 18.6. The van der Waals surface area contributed by atoms with Gasteiger partial charge in [0.15, 0.2) is 0 Å². The lowest BCUT2D eigenvalue weighted by Gasteiger charge is -2.34. The number of hydrogen-bond donors (Lipinski definition) is 2. The van der Waals surface area contributed by atoms with Crippen LogP contribution in [0.2, 0.25) is 0 Å². The molecule has 1 spiro atoms. The molecule has 2 saturated heterocycles. The van der Waals surface area contributed by atoms with Crippen LogP contribution in [-0.4, -0.2) is 75.1 Å². The lowest BCUT2D eigenvalue weighted by molar-refractivity contribution is -0.139. The third-order valence-electron chi connectivity index (χ3n) is 8.16. The Balaban J connectivity index is 1.17. The fourth-order valence-corrected chi connectivity index (χ4v) is 5.97. The Labute approximate surface area is 225 Å². The van der Waals surface area contributed by atoms with E-state index in [1.165, 1.54) is 58.1 Å². The van der Waals surface area contributed by atoms with E-state index in [2.05, 4.69) is 48.0 Å². The molecule has 2 aliphatic heterocycles. The summed E-state index contributed by atoms with van der Waals surface area (Å²) in [6, 6.07) is 8.19. The van der Waals surface area contributed by atoms with Crippen molar-refractivity contribution in [3.05, 3.63) is 71.8 Å². The number of ether oxygens (including phenoxy) is 1. The van der Waals surface area contributed by atoms with Gasteiger partial charge in [-0.2, -0.15) is 0 Å². The molecule has 0 aliphatic carbocycles. The molecule has 0 radical (unpaired) electrons. The number of carbonyl (C=O) groups excluding carboxylic acids is 1. The summed E-state index contributed by atoms with van der Waals surface area (Å²) in [4.78, 5) is 29.0. The molecular weight excluding hydrogens is 478 g/mol. The predicted molar refractivity (Wildman–Crippen MR) is 146 cm³/mol. The van der Waals surface area contributed by atoms with Crippen LogP contribution in [0.25, 0.3) is 0 Å². The number of aromatic nitrogens is 4. The first kappa shape index (κ1) is 26.6. The van der Waals surface area contributed by atoms with E-state index in [9.17, 15) is 4.79 Å². The molecule has 3 aromatic rings. The molecule has 38 heavy (non-hydrogen) atoms. The number of benzene rings is 1. The van der Waals surface area contributed by atoms with E-state index in [4.69, 9.17) is 9.72 Å². The van der Waals surface area contributed by atoms with Crippen LogP contribution in [-0.2, 0) is 42.1 Å². The normalized spacial score (nSPS) is 17.4. The highest BCUT2D eigenvalue weighted by atomic mass is 16.5. The number of aryl methyl sites for hydroxylation is 1. The largest absolute Gasteiger partial charge is 0.469 e. The van der Waals surface area contributed by atoms with Gasteiger partial charge in [0.2, 0.25) is 0 Å². The average Bonchev–Trinajstić information content (AvgIpc) is 3.69. The molecule has 2 fully saturated rings. The summed E-state index contributed by atoms with van der Waals surface area (Å²) in [5.41, 5.74) is 2.71. The summed E-state index contributed by atoms with van der Waals surface area (Å²) in [7, 11) is 1.42. The molecule has 1 aromatic carbocycles. The number of piperidine rings is 1. The lowest BCUT2D eigenvalue weighted by atomic mass is 9.78. The highest BCUT2D eigenvalue weighted by molar-refractivity contribution is 5.72. The van der Waals surface area contributed by atoms with Crippen LogP contribution >= 0.6 is 0 Å². The maximum absolute atomic E-state index is 11.6. The van der Waals surface area contributed by atoms with Crippen LogP contribution in [0.5, 0.6) is 0 Å². The van der Waals surface area contributed by atoms with Crippen molar-refractivity contribution < 1.29 is 9.53 Å². The topological polar surface area (TPSA) is 91.3 Å². The number of carbonyl (C=O) groups is 1. The number of methoxy groups -OCH3 is 1. The van der Waals surface area contributed by atoms with Gasteiger partial charge in [0, 0.05) is 44.4 Å². The maximum atomic E-state index is 11.6. The van der Waals surface area contributed by atoms with Crippen molar-refractivity contribution in [2.24, 2.45) is 5.41 Å². The van der Waals surface area contributed by atoms with Crippen molar-refractivity contribution in [1.82, 2.24) is 34.6 Å². The second-order valence-corrected chi connectivity index (χ2v) is 10.9. The van der Waals surface area contributed by atoms with Crippen LogP contribution in [0, 0.1) is 5.41 Å². The number of rotatable bonds is 12. The SMILES string of the molecule is COC(=O)Cc1ccc(CN(Cc2ncc[nH]2)Cc2nccn2CCCN2CCC3(CCNCC3)C2)cc1. The number of nitrogens with zero attached hydrogens (tertiary/aromatic N) is 5. The monoisotopic (exact) mass is 519 g/mol. The van der Waals surface area contributed by atoms with Gasteiger partial charge in [-0.1, -0.05) is 24.3 Å². The zero-order valence-electron chi connectivity index (χ0n) is 22.6. The Morgan fingerprint density at radius 3 is 2.61 bits per heavy atom. The second kappa shape index (κ2) is 12.7. The molecule has 5 rings (SSSR count). The van der Waals surface area contributed by atoms with Crippen LogP contribution in [0.3, 0.4) is 0 Å². The minimum Gasteiger partial charge on any atom is -0.469 e. The van der Waals surface area contributed by atoms with Gasteiger partial charge in [-0.25, -0.2) is 9.97 Å². The van der Waals surface area contributed by atoms with Gasteiger partial charge in [0.25, 0.3) is 0 Å². The smallest absolute Gasteiger partial charge is 0.309 e. The third kappa shape index (κ3) is 7.09. The van der Waals surface area contributed by atoms with Gasteiger partial charge in [0.1, 0.15) is 11.6 Å². The number of likely N-dealkylation sites (tertiary alicyclic amines) is 1. The number of imidazole rings is 2. The van der Waals surface area contributed by atoms with Gasteiger partial charge in [-0.3, -0.25) is 9.69 Å². The lowest BCUT2D eigenvalue weighted by Crippen LogP contribution is -2.38. The minimum atomic E-state index is -0.223. The number of aromatic amines is 1. The van der Waals surface area contributed by atoms with Gasteiger partial charge < -0.3 is 24.5 Å². The summed E-state index contributed by atoms with van der Waals surface area (Å²) in [5.74, 6) is 1.79. The first-order valence-corrected chi connectivity index (χ1v) is 13.9. The summed E-state index contributed by atoms with van der Waals surface area (Å²) >= 11 is 0. The summed E-state index contributed by atoms with van der Waals surface area (Å²) in [6.07, 6.45) is 13.1. The highest BCUT2D eigenvalue weighted by Gasteiger charge is 2.38. The number of H-pyrrole nitrogens is 1. The highest BCUT2D eigenvalue weighted by Crippen LogP contribution is 2.38. The van der Waals surface area contributed by atoms with E-state index in [0.29, 0.717) is 18.4 Å². The minimum absolute atomic E-state index is 0.223. The predicted octanol–water partition coefficient (Wildman–Crippen LogP) is 2.99. The quantitative estimate of drug-likeness (QED) is 0.356. The van der Waals surface area contributed by atoms with E-state index in [1.54, 1.807) is 6.20 Å². The van der Waals surface area contributed by atoms with Crippen molar-refractivity contribution in [3.8, 4) is 0 Å². The molecule has 9 heteroatoms. The summed E-state index contributed by atoms with van der Waals surface area (Å²) < 4.78 is 7.10. The standard InChI is InChI=1S/C29H41N7O2/c1-38-28(37)19-24-3-5-25(6-4-24)20-35(21-26-31-12-13-32-26)22-27-33-14-18-36(27)16-2-15-34-17-9-29(23-34)7-10-30-11-8-29/h3-6,12-14,18,30H,2,7-11,15-17,19-23H2,1H3,(H,31,32). The molecule has 2 aliphatic rings. The van der Waals surface area contributed by atoms with Gasteiger partial charge in [-0.15, -0.1) is 0 Å². The number of hydrogen-bond acceptors (Lipinski definition) is 7. The molecular formula is C29H41N7O2. The molecule has 0 saturated carbocycles. The van der Waals surface area contributed by atoms with Crippen molar-refractivity contribution in [1.29, 1.82) is 0 Å². The Morgan fingerprint density at radius 1 is 1.03 bits per heavy atom. The van der Waals surface area contributed by atoms with Gasteiger partial charge in [-0.05, 0) is 68.4 Å². The molecule has 2 aromatic heterocycles. The molecule has 0 atom stereocenters. The van der Waals surface area contributed by atoms with E-state index < -0.39 is 0 Å². The molecule has 2 N–H and O–H groups in total. The van der Waals surface area contributed by atoms with E-state index >= 15 is 0 Å². The van der Waals surface area contributed by atoms with Crippen LogP contribution in [0.15, 0.2) is 49.1 Å². The fourth-order valence-electron chi connectivity index (χ4n) is 5.97. The maximum Gasteiger partial charge on any atom is 0.309 e. The van der Waals surface area contributed by atoms with Crippen LogP contribution < -0.4 is 5.32 Å². The Bertz CT molecular complexity index is 1140. The molecule has 0 bridgehead atoms. The van der Waals surface area contributed by atoms with Crippen molar-refractivity contribution in [2.45, 2.75) is 58.3 Å². The van der Waals surface area contributed by atoms with Gasteiger partial charge >= 0.3 is 5.97 Å². The third-order valence-corrected chi connectivity index (χ3v) is 8.16. The summed E-state index contributed by atoms with van der Waals surface area (Å²) in [5, 5.41) is 3.52. The first-order valence-electron chi connectivity index (χ1n) is 13.9. The van der Waals surface area contributed by atoms with Gasteiger partial charge in [0.05, 0.1) is 26.6 Å². The van der Waals surface area contributed by atoms with E-state index in [-0.39, 0.29) is 5.97 Å². The van der Waals surface area contributed by atoms with Crippen molar-refractivity contribution in [2.75, 3.05) is 39.8 Å².